The number of carbonyl (C=O) groups is 3. The quantitative estimate of drug-likeness (QED) is 0.176. The summed E-state index contributed by atoms with van der Waals surface area (Å²) in [5.74, 6) is -2.18. The molecule has 17 heteroatoms. The van der Waals surface area contributed by atoms with E-state index in [0.717, 1.165) is 60.5 Å². The molecule has 328 valence electrons. The van der Waals surface area contributed by atoms with Gasteiger partial charge in [0, 0.05) is 61.4 Å². The van der Waals surface area contributed by atoms with E-state index in [4.69, 9.17) is 9.47 Å². The van der Waals surface area contributed by atoms with Gasteiger partial charge < -0.3 is 19.7 Å². The van der Waals surface area contributed by atoms with Crippen LogP contribution in [0.4, 0.5) is 17.6 Å². The number of thioether (sulfide) groups is 2. The van der Waals surface area contributed by atoms with Crippen molar-refractivity contribution in [1.82, 2.24) is 20.2 Å². The highest BCUT2D eigenvalue weighted by molar-refractivity contribution is 8.15. The maximum Gasteiger partial charge on any atom is 0.241 e. The first-order chi connectivity index (χ1) is 29.1. The zero-order valence-electron chi connectivity index (χ0n) is 34.1. The maximum absolute atomic E-state index is 14.6. The number of amides is 3. The fourth-order valence-corrected chi connectivity index (χ4v) is 11.1. The second-order valence-electron chi connectivity index (χ2n) is 15.2. The number of ether oxygens (including phenoxy) is 2. The van der Waals surface area contributed by atoms with Gasteiger partial charge in [-0.1, -0.05) is 67.3 Å². The van der Waals surface area contributed by atoms with Crippen LogP contribution in [0.5, 0.6) is 11.5 Å². The van der Waals surface area contributed by atoms with Crippen molar-refractivity contribution in [1.29, 1.82) is 0 Å². The van der Waals surface area contributed by atoms with Crippen molar-refractivity contribution < 1.29 is 41.4 Å². The molecule has 4 heterocycles. The molecule has 8 rings (SSSR count). The summed E-state index contributed by atoms with van der Waals surface area (Å²) in [5, 5.41) is 15.0. The van der Waals surface area contributed by atoms with Crippen molar-refractivity contribution in [3.63, 3.8) is 0 Å². The predicted molar refractivity (Wildman–Crippen MR) is 233 cm³/mol. The highest BCUT2D eigenvalue weighted by Crippen LogP contribution is 2.59. The lowest BCUT2D eigenvalue weighted by Crippen LogP contribution is -2.51. The molecule has 2 spiro atoms. The number of hydrazone groups is 2. The fraction of sp³-hybridized carbons (Fsp3) is 0.356. The zero-order chi connectivity index (χ0) is 43.6. The molecule has 0 saturated carbocycles. The Morgan fingerprint density at radius 2 is 1.15 bits per heavy atom. The largest absolute Gasteiger partial charge is 0.493 e. The van der Waals surface area contributed by atoms with Gasteiger partial charge in [-0.15, -0.1) is 0 Å². The standard InChI is InChI=1S/C22H21F2N3O3S.C22H23F2N3O2S.CH4/c1-13(28)25-10-9-15-12-30-20-6-4-3-5-18(20)22(15)27(14(2)29)26-21(31-22)17-11-16(23)7-8-19(17)24;1-14(28)27-22(30-21(25-27)17-12-16(23)8-9-19(17)24)15(10-11-26(2)3)13-29-20-7-5-4-6-18(20)22;/h3-8,11,15H,9-10,12H2,1-2H3,(H,25,28);4-9,12,15H,10-11,13H2,1-3H3;1H4. The van der Waals surface area contributed by atoms with Gasteiger partial charge in [0.2, 0.25) is 17.7 Å². The molecule has 4 aliphatic rings. The number of nitrogens with one attached hydrogen (secondary N) is 1. The molecule has 1 N–H and O–H groups in total. The van der Waals surface area contributed by atoms with Gasteiger partial charge in [-0.05, 0) is 82.0 Å². The molecule has 4 atom stereocenters. The van der Waals surface area contributed by atoms with Crippen LogP contribution in [0.15, 0.2) is 95.1 Å². The Hall–Kier alpha value is -5.39. The average Bonchev–Trinajstić information content (AvgIpc) is 3.82. The number of halogens is 4. The summed E-state index contributed by atoms with van der Waals surface area (Å²) in [6, 6.07) is 21.3. The van der Waals surface area contributed by atoms with Crippen LogP contribution < -0.4 is 14.8 Å². The van der Waals surface area contributed by atoms with Crippen LogP contribution in [0.3, 0.4) is 0 Å². The lowest BCUT2D eigenvalue weighted by Gasteiger charge is -2.45. The van der Waals surface area contributed by atoms with E-state index in [9.17, 15) is 31.9 Å². The topological polar surface area (TPSA) is 116 Å². The molecule has 0 saturated heterocycles. The predicted octanol–water partition coefficient (Wildman–Crippen LogP) is 8.28. The first-order valence-corrected chi connectivity index (χ1v) is 21.2. The van der Waals surface area contributed by atoms with Crippen molar-refractivity contribution in [3.05, 3.63) is 130 Å². The van der Waals surface area contributed by atoms with Crippen molar-refractivity contribution in [3.8, 4) is 11.5 Å². The molecule has 4 aromatic rings. The van der Waals surface area contributed by atoms with E-state index in [2.05, 4.69) is 20.4 Å². The molecule has 4 aliphatic heterocycles. The van der Waals surface area contributed by atoms with E-state index in [1.807, 2.05) is 56.6 Å². The van der Waals surface area contributed by atoms with E-state index >= 15 is 0 Å². The molecular weight excluding hydrogens is 845 g/mol. The van der Waals surface area contributed by atoms with Crippen LogP contribution in [-0.4, -0.2) is 83.1 Å². The van der Waals surface area contributed by atoms with Crippen molar-refractivity contribution in [2.75, 3.05) is 40.4 Å². The molecule has 3 amide bonds. The Labute approximate surface area is 366 Å². The molecule has 4 aromatic carbocycles. The lowest BCUT2D eigenvalue weighted by molar-refractivity contribution is -0.135. The Balaban J connectivity index is 0.000000204. The molecule has 11 nitrogen and oxygen atoms in total. The number of fused-ring (bicyclic) bond motifs is 4. The average molecular weight is 893 g/mol. The summed E-state index contributed by atoms with van der Waals surface area (Å²) in [4.78, 5) is 37.0. The van der Waals surface area contributed by atoms with E-state index < -0.39 is 33.0 Å². The van der Waals surface area contributed by atoms with Crippen LogP contribution >= 0.6 is 23.5 Å². The molecule has 0 aliphatic carbocycles. The van der Waals surface area contributed by atoms with Gasteiger partial charge in [0.15, 0.2) is 9.74 Å². The van der Waals surface area contributed by atoms with E-state index in [-0.39, 0.29) is 64.8 Å². The minimum absolute atomic E-state index is 0. The van der Waals surface area contributed by atoms with Crippen LogP contribution in [0, 0.1) is 35.1 Å². The van der Waals surface area contributed by atoms with E-state index in [1.54, 1.807) is 6.07 Å². The van der Waals surface area contributed by atoms with Crippen LogP contribution in [0.25, 0.3) is 0 Å². The number of hydrogen-bond donors (Lipinski definition) is 1. The number of hydrogen-bond acceptors (Lipinski definition) is 10. The van der Waals surface area contributed by atoms with Gasteiger partial charge in [0.05, 0.1) is 13.2 Å². The Morgan fingerprint density at radius 3 is 1.56 bits per heavy atom. The number of rotatable bonds is 8. The molecular formula is C45H48F4N6O5S2. The third-order valence-electron chi connectivity index (χ3n) is 10.8. The smallest absolute Gasteiger partial charge is 0.241 e. The fourth-order valence-electron chi connectivity index (χ4n) is 7.97. The molecule has 0 bridgehead atoms. The van der Waals surface area contributed by atoms with Crippen molar-refractivity contribution in [2.45, 2.75) is 50.8 Å². The van der Waals surface area contributed by atoms with Crippen LogP contribution in [0.1, 0.15) is 63.3 Å². The normalized spacial score (nSPS) is 22.0. The summed E-state index contributed by atoms with van der Waals surface area (Å²) < 4.78 is 68.8. The number of para-hydroxylation sites is 2. The Kier molecular flexibility index (Phi) is 14.1. The van der Waals surface area contributed by atoms with Crippen molar-refractivity contribution in [2.24, 2.45) is 22.0 Å². The number of benzene rings is 4. The third kappa shape index (κ3) is 8.79. The molecule has 62 heavy (non-hydrogen) atoms. The first-order valence-electron chi connectivity index (χ1n) is 19.6. The minimum Gasteiger partial charge on any atom is -0.493 e. The Morgan fingerprint density at radius 1 is 0.710 bits per heavy atom. The molecule has 4 unspecified atom stereocenters. The highest BCUT2D eigenvalue weighted by atomic mass is 32.2. The van der Waals surface area contributed by atoms with Crippen LogP contribution in [-0.2, 0) is 24.1 Å². The van der Waals surface area contributed by atoms with E-state index in [1.165, 1.54) is 54.3 Å². The number of carbonyl (C=O) groups excluding carboxylic acids is 3. The monoisotopic (exact) mass is 892 g/mol. The third-order valence-corrected chi connectivity index (χ3v) is 13.8. The highest BCUT2D eigenvalue weighted by Gasteiger charge is 2.58. The van der Waals surface area contributed by atoms with Gasteiger partial charge in [0.25, 0.3) is 0 Å². The molecule has 0 fully saturated rings. The van der Waals surface area contributed by atoms with Gasteiger partial charge in [-0.3, -0.25) is 14.4 Å². The maximum atomic E-state index is 14.6. The molecule has 0 radical (unpaired) electrons. The number of nitrogens with zero attached hydrogens (tertiary/aromatic N) is 5. The summed E-state index contributed by atoms with van der Waals surface area (Å²) in [7, 11) is 3.97. The van der Waals surface area contributed by atoms with Gasteiger partial charge in [-0.2, -0.15) is 10.2 Å². The first kappa shape index (κ1) is 46.1. The minimum atomic E-state index is -1.01. The van der Waals surface area contributed by atoms with Crippen LogP contribution in [0.2, 0.25) is 0 Å². The summed E-state index contributed by atoms with van der Waals surface area (Å²) in [6.07, 6.45) is 1.24. The summed E-state index contributed by atoms with van der Waals surface area (Å²) in [6.45, 7) is 6.11. The van der Waals surface area contributed by atoms with Gasteiger partial charge >= 0.3 is 0 Å². The second kappa shape index (κ2) is 18.9. The van der Waals surface area contributed by atoms with E-state index in [0.29, 0.717) is 31.1 Å². The SMILES string of the molecule is C.CC(=O)N1N=C(c2cc(F)ccc2F)SC12c1ccccc1OCC2CCN(C)C.CC(=O)NCCC1COc2ccccc2C12SC(c1cc(F)ccc1F)=NN2C(C)=O. The summed E-state index contributed by atoms with van der Waals surface area (Å²) in [5.41, 5.74) is 1.59. The van der Waals surface area contributed by atoms with Gasteiger partial charge in [0.1, 0.15) is 44.9 Å². The lowest BCUT2D eigenvalue weighted by atomic mass is 9.86. The molecule has 0 aromatic heterocycles. The van der Waals surface area contributed by atoms with Gasteiger partial charge in [-0.25, -0.2) is 27.6 Å². The zero-order valence-corrected chi connectivity index (χ0v) is 35.7. The second-order valence-corrected chi connectivity index (χ2v) is 17.6. The van der Waals surface area contributed by atoms with Crippen molar-refractivity contribution >= 4 is 51.3 Å². The Bertz CT molecular complexity index is 2420. The summed E-state index contributed by atoms with van der Waals surface area (Å²) >= 11 is 2.51.